The van der Waals surface area contributed by atoms with Crippen LogP contribution in [0.5, 0.6) is 5.75 Å². The zero-order chi connectivity index (χ0) is 25.2. The average Bonchev–Trinajstić information content (AvgIpc) is 3.39. The first kappa shape index (κ1) is 23.1. The lowest BCUT2D eigenvalue weighted by Gasteiger charge is -2.24. The molecule has 1 unspecified atom stereocenters. The number of fused-ring (bicyclic) bond motifs is 1. The summed E-state index contributed by atoms with van der Waals surface area (Å²) in [4.78, 5) is 4.45. The van der Waals surface area contributed by atoms with Crippen molar-refractivity contribution in [1.82, 2.24) is 4.98 Å². The van der Waals surface area contributed by atoms with Crippen LogP contribution in [-0.2, 0) is 0 Å². The predicted octanol–water partition coefficient (Wildman–Crippen LogP) is 8.00. The van der Waals surface area contributed by atoms with Gasteiger partial charge in [-0.1, -0.05) is 54.1 Å². The Balaban J connectivity index is 1.33. The minimum atomic E-state index is 0.0915. The number of anilines is 3. The second-order valence-corrected chi connectivity index (χ2v) is 9.38. The summed E-state index contributed by atoms with van der Waals surface area (Å²) in [5, 5.41) is 12.5. The molecule has 4 aromatic carbocycles. The molecule has 1 atom stereocenters. The highest BCUT2D eigenvalue weighted by Gasteiger charge is 2.30. The van der Waals surface area contributed by atoms with Crippen LogP contribution in [0.3, 0.4) is 0 Å². The molecule has 1 aliphatic heterocycles. The van der Waals surface area contributed by atoms with Crippen molar-refractivity contribution in [3.63, 3.8) is 0 Å². The first-order chi connectivity index (χ1) is 18.2. The molecule has 1 aromatic heterocycles. The minimum absolute atomic E-state index is 0.0915. The summed E-state index contributed by atoms with van der Waals surface area (Å²) in [6, 6.07) is 34.8. The largest absolute Gasteiger partial charge is 0.497 e. The van der Waals surface area contributed by atoms with E-state index in [2.05, 4.69) is 63.8 Å². The van der Waals surface area contributed by atoms with Crippen LogP contribution in [0.1, 0.15) is 23.6 Å². The lowest BCUT2D eigenvalue weighted by Crippen LogP contribution is -2.18. The lowest BCUT2D eigenvalue weighted by molar-refractivity contribution is 0.414. The van der Waals surface area contributed by atoms with Crippen molar-refractivity contribution in [3.05, 3.63) is 125 Å². The van der Waals surface area contributed by atoms with Crippen molar-refractivity contribution < 1.29 is 4.74 Å². The van der Waals surface area contributed by atoms with Crippen molar-refractivity contribution in [2.45, 2.75) is 12.5 Å². The Kier molecular flexibility index (Phi) is 6.21. The standard InChI is InChI=1S/C31H25ClN4O/c1-37-26-13-10-21(11-14-26)31-20-29(35-36(31)25-8-3-2-4-9-25)22-6-5-7-24(18-22)34-28-16-17-33-30-19-23(32)12-15-27(28)30/h2-19,31H,20H2,1H3,(H,33,34). The highest BCUT2D eigenvalue weighted by Crippen LogP contribution is 2.37. The topological polar surface area (TPSA) is 49.8 Å². The molecule has 5 nitrogen and oxygen atoms in total. The Morgan fingerprint density at radius 1 is 0.892 bits per heavy atom. The van der Waals surface area contributed by atoms with Gasteiger partial charge in [0.25, 0.3) is 0 Å². The molecule has 6 rings (SSSR count). The maximum Gasteiger partial charge on any atom is 0.118 e. The zero-order valence-corrected chi connectivity index (χ0v) is 21.1. The van der Waals surface area contributed by atoms with Crippen molar-refractivity contribution in [2.75, 3.05) is 17.4 Å². The summed E-state index contributed by atoms with van der Waals surface area (Å²) >= 11 is 6.17. The number of hydrogen-bond acceptors (Lipinski definition) is 5. The summed E-state index contributed by atoms with van der Waals surface area (Å²) < 4.78 is 5.37. The third kappa shape index (κ3) is 4.74. The molecular formula is C31H25ClN4O. The van der Waals surface area contributed by atoms with Gasteiger partial charge in [-0.3, -0.25) is 9.99 Å². The van der Waals surface area contributed by atoms with Crippen molar-refractivity contribution in [3.8, 4) is 5.75 Å². The third-order valence-electron chi connectivity index (χ3n) is 6.61. The molecule has 0 fully saturated rings. The summed E-state index contributed by atoms with van der Waals surface area (Å²) in [6.07, 6.45) is 2.59. The van der Waals surface area contributed by atoms with E-state index >= 15 is 0 Å². The molecular weight excluding hydrogens is 480 g/mol. The number of aromatic nitrogens is 1. The number of nitrogens with zero attached hydrogens (tertiary/aromatic N) is 3. The van der Waals surface area contributed by atoms with Gasteiger partial charge >= 0.3 is 0 Å². The van der Waals surface area contributed by atoms with E-state index in [1.807, 2.05) is 54.6 Å². The number of nitrogens with one attached hydrogen (secondary N) is 1. The van der Waals surface area contributed by atoms with Gasteiger partial charge in [0.15, 0.2) is 0 Å². The van der Waals surface area contributed by atoms with E-state index in [0.29, 0.717) is 5.02 Å². The van der Waals surface area contributed by atoms with E-state index in [-0.39, 0.29) is 6.04 Å². The van der Waals surface area contributed by atoms with Crippen LogP contribution in [0, 0.1) is 0 Å². The van der Waals surface area contributed by atoms with Gasteiger partial charge in [0.05, 0.1) is 30.1 Å². The monoisotopic (exact) mass is 504 g/mol. The maximum atomic E-state index is 6.17. The van der Waals surface area contributed by atoms with E-state index in [4.69, 9.17) is 21.4 Å². The number of hydrogen-bond donors (Lipinski definition) is 1. The van der Waals surface area contributed by atoms with Gasteiger partial charge < -0.3 is 10.1 Å². The van der Waals surface area contributed by atoms with E-state index in [0.717, 1.165) is 51.4 Å². The number of rotatable bonds is 6. The third-order valence-corrected chi connectivity index (χ3v) is 6.85. The number of pyridine rings is 1. The predicted molar refractivity (Wildman–Crippen MR) is 152 cm³/mol. The molecule has 5 aromatic rings. The fourth-order valence-electron chi connectivity index (χ4n) is 4.75. The van der Waals surface area contributed by atoms with Crippen LogP contribution in [0.25, 0.3) is 10.9 Å². The van der Waals surface area contributed by atoms with E-state index in [1.165, 1.54) is 5.56 Å². The van der Waals surface area contributed by atoms with Crippen LogP contribution in [0.2, 0.25) is 5.02 Å². The van der Waals surface area contributed by atoms with Crippen molar-refractivity contribution in [1.29, 1.82) is 0 Å². The number of ether oxygens (including phenoxy) is 1. The highest BCUT2D eigenvalue weighted by molar-refractivity contribution is 6.31. The smallest absolute Gasteiger partial charge is 0.118 e. The number of benzene rings is 4. The molecule has 1 N–H and O–H groups in total. The molecule has 37 heavy (non-hydrogen) atoms. The first-order valence-corrected chi connectivity index (χ1v) is 12.5. The molecule has 0 saturated carbocycles. The number of hydrazone groups is 1. The van der Waals surface area contributed by atoms with Gasteiger partial charge in [-0.25, -0.2) is 0 Å². The van der Waals surface area contributed by atoms with Gasteiger partial charge in [0, 0.05) is 34.4 Å². The normalized spacial score (nSPS) is 15.0. The first-order valence-electron chi connectivity index (χ1n) is 12.2. The number of para-hydroxylation sites is 1. The van der Waals surface area contributed by atoms with Crippen molar-refractivity contribution in [2.24, 2.45) is 5.10 Å². The second-order valence-electron chi connectivity index (χ2n) is 8.95. The Morgan fingerprint density at radius 2 is 1.73 bits per heavy atom. The van der Waals surface area contributed by atoms with E-state index in [1.54, 1.807) is 13.3 Å². The van der Waals surface area contributed by atoms with Gasteiger partial charge in [-0.05, 0) is 71.8 Å². The Morgan fingerprint density at radius 3 is 2.54 bits per heavy atom. The minimum Gasteiger partial charge on any atom is -0.497 e. The van der Waals surface area contributed by atoms with Gasteiger partial charge in [-0.2, -0.15) is 5.10 Å². The quantitative estimate of drug-likeness (QED) is 0.254. The zero-order valence-electron chi connectivity index (χ0n) is 20.3. The van der Waals surface area contributed by atoms with Crippen LogP contribution in [-0.4, -0.2) is 17.8 Å². The van der Waals surface area contributed by atoms with Crippen LogP contribution in [0.15, 0.2) is 114 Å². The second kappa shape index (κ2) is 9.96. The maximum absolute atomic E-state index is 6.17. The molecule has 0 aliphatic carbocycles. The van der Waals surface area contributed by atoms with Crippen LogP contribution in [0.4, 0.5) is 17.1 Å². The molecule has 0 spiro atoms. The molecule has 6 heteroatoms. The summed E-state index contributed by atoms with van der Waals surface area (Å²) in [7, 11) is 1.69. The van der Waals surface area contributed by atoms with Crippen LogP contribution < -0.4 is 15.1 Å². The Labute approximate surface area is 221 Å². The molecule has 1 aliphatic rings. The van der Waals surface area contributed by atoms with Gasteiger partial charge in [-0.15, -0.1) is 0 Å². The Hall–Kier alpha value is -4.35. The van der Waals surface area contributed by atoms with Crippen molar-refractivity contribution >= 4 is 45.3 Å². The van der Waals surface area contributed by atoms with Crippen LogP contribution >= 0.6 is 11.6 Å². The summed E-state index contributed by atoms with van der Waals surface area (Å²) in [5.74, 6) is 0.846. The number of halogens is 1. The molecule has 0 saturated heterocycles. The molecule has 182 valence electrons. The van der Waals surface area contributed by atoms with E-state index in [9.17, 15) is 0 Å². The SMILES string of the molecule is COc1ccc(C2CC(c3cccc(Nc4ccnc5cc(Cl)ccc45)c3)=NN2c2ccccc2)cc1. The summed E-state index contributed by atoms with van der Waals surface area (Å²) in [5.41, 5.74) is 7.21. The van der Waals surface area contributed by atoms with Gasteiger partial charge in [0.2, 0.25) is 0 Å². The Bertz CT molecular complexity index is 1580. The molecule has 0 amide bonds. The fourth-order valence-corrected chi connectivity index (χ4v) is 4.92. The fraction of sp³-hybridized carbons (Fsp3) is 0.0968. The highest BCUT2D eigenvalue weighted by atomic mass is 35.5. The van der Waals surface area contributed by atoms with Gasteiger partial charge in [0.1, 0.15) is 5.75 Å². The lowest BCUT2D eigenvalue weighted by atomic mass is 9.98. The number of methoxy groups -OCH3 is 1. The summed E-state index contributed by atoms with van der Waals surface area (Å²) in [6.45, 7) is 0. The van der Waals surface area contributed by atoms with E-state index < -0.39 is 0 Å². The molecule has 0 radical (unpaired) electrons. The average molecular weight is 505 g/mol. The molecule has 0 bridgehead atoms. The molecule has 2 heterocycles.